The highest BCUT2D eigenvalue weighted by molar-refractivity contribution is 6.17. The van der Waals surface area contributed by atoms with Gasteiger partial charge in [0.1, 0.15) is 0 Å². The minimum Gasteiger partial charge on any atom is -0.494 e. The summed E-state index contributed by atoms with van der Waals surface area (Å²) in [6, 6.07) is 4.56. The van der Waals surface area contributed by atoms with E-state index in [1.165, 1.54) is 13.2 Å². The average Bonchev–Trinajstić information content (AvgIpc) is 2.85. The number of oxazole rings is 1. The van der Waals surface area contributed by atoms with Crippen molar-refractivity contribution in [3.05, 3.63) is 36.1 Å². The Hall–Kier alpha value is -1.55. The van der Waals surface area contributed by atoms with E-state index >= 15 is 0 Å². The van der Waals surface area contributed by atoms with Gasteiger partial charge in [-0.05, 0) is 24.6 Å². The van der Waals surface area contributed by atoms with Crippen LogP contribution in [-0.2, 0) is 6.42 Å². The van der Waals surface area contributed by atoms with Crippen LogP contribution in [0, 0.1) is 5.82 Å². The molecule has 1 aromatic heterocycles. The van der Waals surface area contributed by atoms with Crippen LogP contribution in [0.25, 0.3) is 11.3 Å². The summed E-state index contributed by atoms with van der Waals surface area (Å²) < 4.78 is 23.8. The molecule has 3 nitrogen and oxygen atoms in total. The van der Waals surface area contributed by atoms with Gasteiger partial charge >= 0.3 is 0 Å². The van der Waals surface area contributed by atoms with Crippen LogP contribution in [0.15, 0.2) is 28.8 Å². The second-order valence-corrected chi connectivity index (χ2v) is 4.14. The van der Waals surface area contributed by atoms with Crippen molar-refractivity contribution in [1.82, 2.24) is 4.98 Å². The Balaban J connectivity index is 2.23. The number of benzene rings is 1. The third kappa shape index (κ3) is 2.82. The second-order valence-electron chi connectivity index (χ2n) is 3.76. The SMILES string of the molecule is COc1cc(-c2cnc(CCCCl)o2)ccc1F. The summed E-state index contributed by atoms with van der Waals surface area (Å²) in [5, 5.41) is 0. The molecule has 0 spiro atoms. The summed E-state index contributed by atoms with van der Waals surface area (Å²) in [5.41, 5.74) is 0.734. The molecule has 1 heterocycles. The lowest BCUT2D eigenvalue weighted by Gasteiger charge is -2.03. The van der Waals surface area contributed by atoms with Crippen molar-refractivity contribution in [1.29, 1.82) is 0 Å². The Morgan fingerprint density at radius 1 is 1.44 bits per heavy atom. The summed E-state index contributed by atoms with van der Waals surface area (Å²) in [6.07, 6.45) is 3.13. The van der Waals surface area contributed by atoms with Crippen LogP contribution >= 0.6 is 11.6 Å². The zero-order chi connectivity index (χ0) is 13.0. The van der Waals surface area contributed by atoms with Crippen molar-refractivity contribution in [2.45, 2.75) is 12.8 Å². The molecule has 2 aromatic rings. The number of ether oxygens (including phenoxy) is 1. The zero-order valence-corrected chi connectivity index (χ0v) is 10.7. The first kappa shape index (κ1) is 12.9. The maximum atomic E-state index is 13.3. The Bertz CT molecular complexity index is 527. The highest BCUT2D eigenvalue weighted by atomic mass is 35.5. The van der Waals surface area contributed by atoms with E-state index in [1.807, 2.05) is 0 Å². The van der Waals surface area contributed by atoms with Gasteiger partial charge < -0.3 is 9.15 Å². The molecule has 0 aliphatic carbocycles. The van der Waals surface area contributed by atoms with Gasteiger partial charge in [-0.25, -0.2) is 9.37 Å². The molecule has 0 bridgehead atoms. The number of alkyl halides is 1. The largest absolute Gasteiger partial charge is 0.494 e. The number of hydrogen-bond donors (Lipinski definition) is 0. The van der Waals surface area contributed by atoms with Crippen LogP contribution in [0.1, 0.15) is 12.3 Å². The third-order valence-electron chi connectivity index (χ3n) is 2.51. The predicted molar refractivity (Wildman–Crippen MR) is 67.5 cm³/mol. The highest BCUT2D eigenvalue weighted by Gasteiger charge is 2.09. The molecule has 0 radical (unpaired) electrons. The fourth-order valence-electron chi connectivity index (χ4n) is 1.59. The normalized spacial score (nSPS) is 10.6. The Morgan fingerprint density at radius 2 is 2.28 bits per heavy atom. The molecule has 1 aromatic carbocycles. The summed E-state index contributed by atoms with van der Waals surface area (Å²) >= 11 is 5.60. The zero-order valence-electron chi connectivity index (χ0n) is 9.95. The first-order chi connectivity index (χ1) is 8.74. The van der Waals surface area contributed by atoms with Crippen LogP contribution in [0.4, 0.5) is 4.39 Å². The average molecular weight is 270 g/mol. The van der Waals surface area contributed by atoms with Gasteiger partial charge in [-0.1, -0.05) is 0 Å². The van der Waals surface area contributed by atoms with E-state index in [1.54, 1.807) is 18.3 Å². The Morgan fingerprint density at radius 3 is 3.00 bits per heavy atom. The number of methoxy groups -OCH3 is 1. The molecule has 0 saturated heterocycles. The summed E-state index contributed by atoms with van der Waals surface area (Å²) in [5.74, 6) is 1.59. The number of nitrogens with zero attached hydrogens (tertiary/aromatic N) is 1. The summed E-state index contributed by atoms with van der Waals surface area (Å²) in [6.45, 7) is 0. The maximum Gasteiger partial charge on any atom is 0.194 e. The first-order valence-electron chi connectivity index (χ1n) is 5.59. The predicted octanol–water partition coefficient (Wildman–Crippen LogP) is 3.66. The van der Waals surface area contributed by atoms with Gasteiger partial charge in [-0.2, -0.15) is 0 Å². The van der Waals surface area contributed by atoms with E-state index in [2.05, 4.69) is 4.98 Å². The van der Waals surface area contributed by atoms with Crippen molar-refractivity contribution in [2.75, 3.05) is 13.0 Å². The molecule has 0 atom stereocenters. The van der Waals surface area contributed by atoms with Crippen molar-refractivity contribution in [2.24, 2.45) is 0 Å². The number of halogens is 2. The van der Waals surface area contributed by atoms with Gasteiger partial charge in [-0.3, -0.25) is 0 Å². The summed E-state index contributed by atoms with van der Waals surface area (Å²) in [7, 11) is 1.43. The van der Waals surface area contributed by atoms with Gasteiger partial charge in [-0.15, -0.1) is 11.6 Å². The minimum absolute atomic E-state index is 0.186. The minimum atomic E-state index is -0.400. The van der Waals surface area contributed by atoms with Crippen molar-refractivity contribution >= 4 is 11.6 Å². The van der Waals surface area contributed by atoms with Crippen LogP contribution in [0.3, 0.4) is 0 Å². The van der Waals surface area contributed by atoms with Crippen LogP contribution < -0.4 is 4.74 Å². The topological polar surface area (TPSA) is 35.3 Å². The molecular weight excluding hydrogens is 257 g/mol. The molecule has 0 aliphatic heterocycles. The lowest BCUT2D eigenvalue weighted by molar-refractivity contribution is 0.386. The number of rotatable bonds is 5. The monoisotopic (exact) mass is 269 g/mol. The molecule has 0 fully saturated rings. The molecule has 0 unspecified atom stereocenters. The molecule has 0 N–H and O–H groups in total. The second kappa shape index (κ2) is 5.87. The number of hydrogen-bond acceptors (Lipinski definition) is 3. The summed E-state index contributed by atoms with van der Waals surface area (Å²) in [4.78, 5) is 4.15. The van der Waals surface area contributed by atoms with Crippen molar-refractivity contribution in [3.8, 4) is 17.1 Å². The van der Waals surface area contributed by atoms with Gasteiger partial charge in [0, 0.05) is 17.9 Å². The highest BCUT2D eigenvalue weighted by Crippen LogP contribution is 2.27. The lowest BCUT2D eigenvalue weighted by atomic mass is 10.2. The number of aromatic nitrogens is 1. The molecule has 18 heavy (non-hydrogen) atoms. The Labute approximate surface area is 110 Å². The Kier molecular flexibility index (Phi) is 4.20. The molecule has 0 saturated carbocycles. The van der Waals surface area contributed by atoms with Crippen molar-refractivity contribution < 1.29 is 13.5 Å². The van der Waals surface area contributed by atoms with E-state index < -0.39 is 5.82 Å². The van der Waals surface area contributed by atoms with Gasteiger partial charge in [0.05, 0.1) is 13.3 Å². The lowest BCUT2D eigenvalue weighted by Crippen LogP contribution is -1.88. The fraction of sp³-hybridized carbons (Fsp3) is 0.308. The van der Waals surface area contributed by atoms with Gasteiger partial charge in [0.15, 0.2) is 23.2 Å². The molecule has 96 valence electrons. The molecule has 0 aliphatic rings. The molecule has 5 heteroatoms. The number of aryl methyl sites for hydroxylation is 1. The third-order valence-corrected chi connectivity index (χ3v) is 2.78. The molecule has 2 rings (SSSR count). The first-order valence-corrected chi connectivity index (χ1v) is 6.12. The van der Waals surface area contributed by atoms with E-state index in [9.17, 15) is 4.39 Å². The standard InChI is InChI=1S/C13H13ClFNO2/c1-17-11-7-9(4-5-10(11)15)12-8-16-13(18-12)3-2-6-14/h4-5,7-8H,2-3,6H2,1H3. The quantitative estimate of drug-likeness (QED) is 0.777. The van der Waals surface area contributed by atoms with Crippen LogP contribution in [-0.4, -0.2) is 18.0 Å². The van der Waals surface area contributed by atoms with E-state index in [-0.39, 0.29) is 5.75 Å². The van der Waals surface area contributed by atoms with Crippen LogP contribution in [0.5, 0.6) is 5.75 Å². The smallest absolute Gasteiger partial charge is 0.194 e. The van der Waals surface area contributed by atoms with Crippen LogP contribution in [0.2, 0.25) is 0 Å². The molecular formula is C13H13ClFNO2. The van der Waals surface area contributed by atoms with Gasteiger partial charge in [0.25, 0.3) is 0 Å². The van der Waals surface area contributed by atoms with Crippen molar-refractivity contribution in [3.63, 3.8) is 0 Å². The van der Waals surface area contributed by atoms with E-state index in [4.69, 9.17) is 20.8 Å². The van der Waals surface area contributed by atoms with E-state index in [0.717, 1.165) is 12.0 Å². The van der Waals surface area contributed by atoms with Gasteiger partial charge in [0.2, 0.25) is 0 Å². The molecule has 0 amide bonds. The van der Waals surface area contributed by atoms with E-state index in [0.29, 0.717) is 24.0 Å². The fourth-order valence-corrected chi connectivity index (χ4v) is 1.72. The maximum absolute atomic E-state index is 13.3.